The number of anilines is 9. The summed E-state index contributed by atoms with van der Waals surface area (Å²) in [5, 5.41) is 17.2. The van der Waals surface area contributed by atoms with Crippen LogP contribution in [0.5, 0.6) is 0 Å². The van der Waals surface area contributed by atoms with Crippen molar-refractivity contribution in [3.8, 4) is 100 Å². The summed E-state index contributed by atoms with van der Waals surface area (Å²) >= 11 is 0. The van der Waals surface area contributed by atoms with Gasteiger partial charge in [0.2, 0.25) is 0 Å². The summed E-state index contributed by atoms with van der Waals surface area (Å²) in [5.74, 6) is 0. The Morgan fingerprint density at radius 1 is 0.0935 bits per heavy atom. The van der Waals surface area contributed by atoms with E-state index in [1.54, 1.807) is 0 Å². The van der Waals surface area contributed by atoms with Gasteiger partial charge in [0, 0.05) is 50.2 Å². The fourth-order valence-electron chi connectivity index (χ4n) is 19.9. The molecule has 0 heterocycles. The van der Waals surface area contributed by atoms with E-state index in [1.807, 2.05) is 0 Å². The number of rotatable bonds is 18. The molecule has 0 saturated heterocycles. The smallest absolute Gasteiger partial charge is 0.0546 e. The number of benzene rings is 25. The summed E-state index contributed by atoms with van der Waals surface area (Å²) in [7, 11) is 0. The Kier molecular flexibility index (Phi) is 23.7. The molecule has 0 bridgehead atoms. The topological polar surface area (TPSA) is 9.72 Å². The van der Waals surface area contributed by atoms with Crippen LogP contribution in [0.1, 0.15) is 0 Å². The molecule has 0 fully saturated rings. The summed E-state index contributed by atoms with van der Waals surface area (Å²) in [6.07, 6.45) is 0. The van der Waals surface area contributed by atoms with Gasteiger partial charge in [0.1, 0.15) is 0 Å². The monoisotopic (exact) mass is 1770 g/mol. The molecule has 25 aromatic rings. The van der Waals surface area contributed by atoms with Gasteiger partial charge in [0.25, 0.3) is 0 Å². The van der Waals surface area contributed by atoms with Crippen LogP contribution < -0.4 is 14.7 Å². The SMILES string of the molecule is c1ccc(-c2ccc(N(c3cc(-c4ccccc4)cc4ccccc34)c3cc4ccccc4c4ccccc34)cc2)cc1.c1ccc(-c2ccc(N(c3ccc(-c4ccccc4)cc3-c3ccccc3)c3cc(-c4ccccc4)cc4ccccc34)cc2)cc1.c1ccc(-c2ccc3cc(N(c4ccc(-c5cc(-c6ccccc6)cc6ccccc56)cc4)c4ccc5ccccc5c4)ccc3c2)cc1. The zero-order chi connectivity index (χ0) is 92.6. The molecule has 0 aliphatic carbocycles. The first-order chi connectivity index (χ1) is 68.9. The molecule has 0 saturated carbocycles. The molecular formula is C136H95N3. The van der Waals surface area contributed by atoms with Crippen molar-refractivity contribution in [3.63, 3.8) is 0 Å². The van der Waals surface area contributed by atoms with Crippen molar-refractivity contribution in [3.05, 3.63) is 576 Å². The molecule has 3 heteroatoms. The molecule has 0 aromatic heterocycles. The first kappa shape index (κ1) is 84.9. The molecule has 0 aliphatic rings. The van der Waals surface area contributed by atoms with Crippen LogP contribution in [0.3, 0.4) is 0 Å². The first-order valence-electron chi connectivity index (χ1n) is 47.7. The molecule has 0 unspecified atom stereocenters. The Hall–Kier alpha value is -18.3. The van der Waals surface area contributed by atoms with E-state index in [2.05, 4.69) is 591 Å². The van der Waals surface area contributed by atoms with Crippen molar-refractivity contribution in [2.24, 2.45) is 0 Å². The lowest BCUT2D eigenvalue weighted by Gasteiger charge is -2.30. The van der Waals surface area contributed by atoms with Gasteiger partial charge in [-0.2, -0.15) is 0 Å². The summed E-state index contributed by atoms with van der Waals surface area (Å²) in [5.41, 5.74) is 31.9. The van der Waals surface area contributed by atoms with Gasteiger partial charge in [-0.05, 0) is 275 Å². The predicted molar refractivity (Wildman–Crippen MR) is 595 cm³/mol. The van der Waals surface area contributed by atoms with Crippen molar-refractivity contribution in [2.75, 3.05) is 14.7 Å². The largest absolute Gasteiger partial charge is 0.310 e. The predicted octanol–water partition coefficient (Wildman–Crippen LogP) is 38.5. The van der Waals surface area contributed by atoms with Crippen LogP contribution in [0, 0.1) is 0 Å². The molecule has 0 N–H and O–H groups in total. The zero-order valence-corrected chi connectivity index (χ0v) is 76.7. The van der Waals surface area contributed by atoms with E-state index in [9.17, 15) is 0 Å². The van der Waals surface area contributed by atoms with Crippen LogP contribution in [0.15, 0.2) is 576 Å². The molecule has 0 atom stereocenters. The van der Waals surface area contributed by atoms with E-state index < -0.39 is 0 Å². The summed E-state index contributed by atoms with van der Waals surface area (Å²) in [6, 6.07) is 208. The lowest BCUT2D eigenvalue weighted by Crippen LogP contribution is -2.12. The molecule has 0 amide bonds. The Morgan fingerprint density at radius 3 is 0.799 bits per heavy atom. The fraction of sp³-hybridized carbons (Fsp3) is 0. The molecule has 0 spiro atoms. The zero-order valence-electron chi connectivity index (χ0n) is 76.7. The van der Waals surface area contributed by atoms with Crippen molar-refractivity contribution >= 4 is 127 Å². The molecule has 0 radical (unpaired) electrons. The maximum Gasteiger partial charge on any atom is 0.0546 e. The summed E-state index contributed by atoms with van der Waals surface area (Å²) in [4.78, 5) is 7.28. The molecule has 654 valence electrons. The molecule has 25 aromatic carbocycles. The lowest BCUT2D eigenvalue weighted by atomic mass is 9.93. The third kappa shape index (κ3) is 17.8. The molecule has 25 rings (SSSR count). The summed E-state index contributed by atoms with van der Waals surface area (Å²) < 4.78 is 0. The van der Waals surface area contributed by atoms with Crippen LogP contribution in [0.25, 0.3) is 176 Å². The Labute approximate surface area is 811 Å². The second kappa shape index (κ2) is 38.7. The number of fused-ring (bicyclic) bond motifs is 8. The molecule has 3 nitrogen and oxygen atoms in total. The highest BCUT2D eigenvalue weighted by Crippen LogP contribution is 2.51. The second-order valence-electron chi connectivity index (χ2n) is 35.4. The van der Waals surface area contributed by atoms with Gasteiger partial charge in [0.05, 0.1) is 22.7 Å². The quantitative estimate of drug-likeness (QED) is 0.0793. The van der Waals surface area contributed by atoms with E-state index in [4.69, 9.17) is 0 Å². The highest BCUT2D eigenvalue weighted by molar-refractivity contribution is 6.16. The average molecular weight is 1770 g/mol. The molecule has 139 heavy (non-hydrogen) atoms. The third-order valence-corrected chi connectivity index (χ3v) is 26.8. The third-order valence-electron chi connectivity index (χ3n) is 26.8. The summed E-state index contributed by atoms with van der Waals surface area (Å²) in [6.45, 7) is 0. The second-order valence-corrected chi connectivity index (χ2v) is 35.4. The van der Waals surface area contributed by atoms with Crippen LogP contribution in [0.4, 0.5) is 51.2 Å². The van der Waals surface area contributed by atoms with Gasteiger partial charge in [0.15, 0.2) is 0 Å². The highest BCUT2D eigenvalue weighted by Gasteiger charge is 2.26. The van der Waals surface area contributed by atoms with E-state index in [0.29, 0.717) is 0 Å². The van der Waals surface area contributed by atoms with E-state index in [0.717, 1.165) is 51.2 Å². The van der Waals surface area contributed by atoms with Gasteiger partial charge in [-0.25, -0.2) is 0 Å². The normalized spacial score (nSPS) is 11.2. The van der Waals surface area contributed by atoms with Crippen LogP contribution in [-0.2, 0) is 0 Å². The Morgan fingerprint density at radius 2 is 0.338 bits per heavy atom. The van der Waals surface area contributed by atoms with Crippen LogP contribution in [-0.4, -0.2) is 0 Å². The number of nitrogens with zero attached hydrogens (tertiary/aromatic N) is 3. The molecular weight excluding hydrogens is 1680 g/mol. The van der Waals surface area contributed by atoms with Gasteiger partial charge < -0.3 is 14.7 Å². The van der Waals surface area contributed by atoms with E-state index in [1.165, 1.54) is 176 Å². The van der Waals surface area contributed by atoms with Crippen LogP contribution in [0.2, 0.25) is 0 Å². The Balaban J connectivity index is 0.000000117. The molecule has 0 aliphatic heterocycles. The van der Waals surface area contributed by atoms with Crippen molar-refractivity contribution < 1.29 is 0 Å². The van der Waals surface area contributed by atoms with Gasteiger partial charge in [-0.3, -0.25) is 0 Å². The fourth-order valence-corrected chi connectivity index (χ4v) is 19.9. The van der Waals surface area contributed by atoms with Crippen molar-refractivity contribution in [1.82, 2.24) is 0 Å². The standard InChI is InChI=1S/C48H33N.C46H33N.C42H29N/c1-3-11-34(12-4-1)39-19-20-41-32-46(28-24-40(41)29-39)49(45-27-21-36-15-7-8-16-38(36)31-45)44-25-22-37(23-26-44)48-33-43(35-13-5-2-6-14-35)30-42-17-9-10-18-47(42)48;1-5-15-34(16-6-1)37-25-28-42(29-26-37)47(46-33-41(36-19-9-3-10-20-36)31-40-23-13-14-24-43(40)46)45-30-27-39(35-17-7-2-8-18-35)32-44(45)38-21-11-4-12-22-38;1-3-13-30(14-4-1)32-23-25-36(26-24-32)43(42-28-34-18-7-9-19-37(34)39-21-11-12-22-40(39)42)41-29-35(31-15-5-2-6-16-31)27-33-17-8-10-20-38(33)41/h1-33H;1-33H;1-29H. The van der Waals surface area contributed by atoms with E-state index >= 15 is 0 Å². The van der Waals surface area contributed by atoms with Gasteiger partial charge in [-0.15, -0.1) is 0 Å². The van der Waals surface area contributed by atoms with E-state index in [-0.39, 0.29) is 0 Å². The minimum absolute atomic E-state index is 1.10. The number of hydrogen-bond acceptors (Lipinski definition) is 3. The lowest BCUT2D eigenvalue weighted by molar-refractivity contribution is 1.29. The average Bonchev–Trinajstić information content (AvgIpc) is 0.742. The first-order valence-corrected chi connectivity index (χ1v) is 47.7. The maximum atomic E-state index is 2.46. The Bertz CT molecular complexity index is 8680. The minimum Gasteiger partial charge on any atom is -0.310 e. The highest BCUT2D eigenvalue weighted by atomic mass is 15.2. The van der Waals surface area contributed by atoms with Gasteiger partial charge >= 0.3 is 0 Å². The van der Waals surface area contributed by atoms with Gasteiger partial charge in [-0.1, -0.05) is 455 Å². The van der Waals surface area contributed by atoms with Crippen molar-refractivity contribution in [2.45, 2.75) is 0 Å². The minimum atomic E-state index is 1.10. The maximum absolute atomic E-state index is 2.46. The van der Waals surface area contributed by atoms with Crippen LogP contribution >= 0.6 is 0 Å². The number of hydrogen-bond donors (Lipinski definition) is 0. The van der Waals surface area contributed by atoms with Crippen molar-refractivity contribution in [1.29, 1.82) is 0 Å².